The molecule has 0 aromatic carbocycles. The third kappa shape index (κ3) is 3.09. The molecule has 3 nitrogen and oxygen atoms in total. The van der Waals surface area contributed by atoms with Crippen LogP contribution >= 0.6 is 0 Å². The number of rotatable bonds is 5. The maximum atomic E-state index is 5.41. The molecular weight excluding hydrogens is 176 g/mol. The number of nitrogens with one attached hydrogen (secondary N) is 1. The topological polar surface area (TPSA) is 34.2 Å². The van der Waals surface area contributed by atoms with Gasteiger partial charge in [-0.1, -0.05) is 12.2 Å². The van der Waals surface area contributed by atoms with Crippen molar-refractivity contribution in [1.82, 2.24) is 4.98 Å². The number of pyridine rings is 1. The van der Waals surface area contributed by atoms with E-state index in [0.29, 0.717) is 6.61 Å². The number of nitrogens with zero attached hydrogens (tertiary/aromatic N) is 1. The molecule has 3 heteroatoms. The second kappa shape index (κ2) is 5.27. The van der Waals surface area contributed by atoms with E-state index in [1.165, 1.54) is 0 Å². The van der Waals surface area contributed by atoms with Gasteiger partial charge in [0, 0.05) is 12.7 Å². The minimum atomic E-state index is 0.646. The summed E-state index contributed by atoms with van der Waals surface area (Å²) in [4.78, 5) is 4.19. The SMILES string of the molecule is C=C(C)CNc1ncccc1OCC. The number of hydrogen-bond acceptors (Lipinski definition) is 3. The van der Waals surface area contributed by atoms with Crippen molar-refractivity contribution >= 4 is 5.82 Å². The fraction of sp³-hybridized carbons (Fsp3) is 0.364. The van der Waals surface area contributed by atoms with Gasteiger partial charge in [0.15, 0.2) is 11.6 Å². The lowest BCUT2D eigenvalue weighted by molar-refractivity contribution is 0.340. The number of aromatic nitrogens is 1. The monoisotopic (exact) mass is 192 g/mol. The largest absolute Gasteiger partial charge is 0.490 e. The average Bonchev–Trinajstić information content (AvgIpc) is 2.17. The van der Waals surface area contributed by atoms with Gasteiger partial charge in [-0.2, -0.15) is 0 Å². The van der Waals surface area contributed by atoms with Crippen LogP contribution in [0.15, 0.2) is 30.5 Å². The van der Waals surface area contributed by atoms with Crippen LogP contribution in [0.2, 0.25) is 0 Å². The van der Waals surface area contributed by atoms with Crippen molar-refractivity contribution in [3.8, 4) is 5.75 Å². The quantitative estimate of drug-likeness (QED) is 0.728. The summed E-state index contributed by atoms with van der Waals surface area (Å²) in [5.74, 6) is 1.56. The molecule has 1 aromatic heterocycles. The number of anilines is 1. The minimum absolute atomic E-state index is 0.646. The van der Waals surface area contributed by atoms with Gasteiger partial charge >= 0.3 is 0 Å². The van der Waals surface area contributed by atoms with E-state index in [9.17, 15) is 0 Å². The number of ether oxygens (including phenoxy) is 1. The van der Waals surface area contributed by atoms with Crippen LogP contribution in [0.25, 0.3) is 0 Å². The maximum Gasteiger partial charge on any atom is 0.169 e. The van der Waals surface area contributed by atoms with E-state index >= 15 is 0 Å². The third-order valence-corrected chi connectivity index (χ3v) is 1.63. The Bertz CT molecular complexity index is 310. The maximum absolute atomic E-state index is 5.41. The molecule has 0 amide bonds. The van der Waals surface area contributed by atoms with Gasteiger partial charge in [0.2, 0.25) is 0 Å². The van der Waals surface area contributed by atoms with Gasteiger partial charge in [-0.15, -0.1) is 0 Å². The van der Waals surface area contributed by atoms with Gasteiger partial charge in [-0.3, -0.25) is 0 Å². The van der Waals surface area contributed by atoms with E-state index in [0.717, 1.165) is 23.7 Å². The summed E-state index contributed by atoms with van der Waals surface area (Å²) in [5.41, 5.74) is 1.07. The molecule has 0 radical (unpaired) electrons. The first-order valence-electron chi connectivity index (χ1n) is 4.70. The van der Waals surface area contributed by atoms with Crippen molar-refractivity contribution < 1.29 is 4.74 Å². The van der Waals surface area contributed by atoms with Gasteiger partial charge in [0.05, 0.1) is 6.61 Å². The van der Waals surface area contributed by atoms with E-state index in [-0.39, 0.29) is 0 Å². The predicted molar refractivity (Wildman–Crippen MR) is 58.7 cm³/mol. The van der Waals surface area contributed by atoms with Crippen LogP contribution in [0.1, 0.15) is 13.8 Å². The summed E-state index contributed by atoms with van der Waals surface area (Å²) in [5, 5.41) is 3.16. The highest BCUT2D eigenvalue weighted by atomic mass is 16.5. The molecule has 76 valence electrons. The van der Waals surface area contributed by atoms with Gasteiger partial charge < -0.3 is 10.1 Å². The Morgan fingerprint density at radius 1 is 1.64 bits per heavy atom. The van der Waals surface area contributed by atoms with E-state index in [2.05, 4.69) is 16.9 Å². The summed E-state index contributed by atoms with van der Waals surface area (Å²) in [6.45, 7) is 9.10. The molecule has 0 saturated heterocycles. The number of hydrogen-bond donors (Lipinski definition) is 1. The molecule has 0 unspecified atom stereocenters. The van der Waals surface area contributed by atoms with Crippen molar-refractivity contribution in [3.63, 3.8) is 0 Å². The van der Waals surface area contributed by atoms with Crippen LogP contribution in [0.4, 0.5) is 5.82 Å². The first-order valence-corrected chi connectivity index (χ1v) is 4.70. The van der Waals surface area contributed by atoms with Gasteiger partial charge in [0.25, 0.3) is 0 Å². The Balaban J connectivity index is 2.68. The Kier molecular flexibility index (Phi) is 3.98. The molecule has 1 rings (SSSR count). The molecular formula is C11H16N2O. The zero-order valence-corrected chi connectivity index (χ0v) is 8.71. The fourth-order valence-corrected chi connectivity index (χ4v) is 1.03. The summed E-state index contributed by atoms with van der Waals surface area (Å²) in [6, 6.07) is 3.76. The van der Waals surface area contributed by atoms with Gasteiger partial charge in [-0.25, -0.2) is 4.98 Å². The van der Waals surface area contributed by atoms with Crippen molar-refractivity contribution in [1.29, 1.82) is 0 Å². The van der Waals surface area contributed by atoms with Gasteiger partial charge in [0.1, 0.15) is 0 Å². The van der Waals surface area contributed by atoms with E-state index in [1.807, 2.05) is 26.0 Å². The predicted octanol–water partition coefficient (Wildman–Crippen LogP) is 2.47. The molecule has 0 aliphatic rings. The van der Waals surface area contributed by atoms with Crippen LogP contribution < -0.4 is 10.1 Å². The third-order valence-electron chi connectivity index (χ3n) is 1.63. The fourth-order valence-electron chi connectivity index (χ4n) is 1.03. The minimum Gasteiger partial charge on any atom is -0.490 e. The summed E-state index contributed by atoms with van der Waals surface area (Å²) in [6.07, 6.45) is 1.74. The van der Waals surface area contributed by atoms with Crippen molar-refractivity contribution in [2.24, 2.45) is 0 Å². The lowest BCUT2D eigenvalue weighted by atomic mass is 10.3. The van der Waals surface area contributed by atoms with Crippen LogP contribution in [-0.4, -0.2) is 18.1 Å². The standard InChI is InChI=1S/C11H16N2O/c1-4-14-10-6-5-7-12-11(10)13-8-9(2)3/h5-7H,2,4,8H2,1,3H3,(H,12,13). The van der Waals surface area contributed by atoms with E-state index < -0.39 is 0 Å². The van der Waals surface area contributed by atoms with Gasteiger partial charge in [-0.05, 0) is 26.0 Å². The van der Waals surface area contributed by atoms with Crippen LogP contribution in [0.3, 0.4) is 0 Å². The van der Waals surface area contributed by atoms with Crippen LogP contribution in [0, 0.1) is 0 Å². The lowest BCUT2D eigenvalue weighted by Crippen LogP contribution is -2.06. The molecule has 0 aliphatic carbocycles. The normalized spacial score (nSPS) is 9.57. The average molecular weight is 192 g/mol. The molecule has 0 aliphatic heterocycles. The highest BCUT2D eigenvalue weighted by molar-refractivity contribution is 5.50. The van der Waals surface area contributed by atoms with Crippen LogP contribution in [0.5, 0.6) is 5.75 Å². The summed E-state index contributed by atoms with van der Waals surface area (Å²) < 4.78 is 5.41. The molecule has 1 heterocycles. The van der Waals surface area contributed by atoms with E-state index in [1.54, 1.807) is 6.20 Å². The Morgan fingerprint density at radius 2 is 2.43 bits per heavy atom. The molecule has 1 N–H and O–H groups in total. The van der Waals surface area contributed by atoms with Crippen molar-refractivity contribution in [3.05, 3.63) is 30.5 Å². The summed E-state index contributed by atoms with van der Waals surface area (Å²) >= 11 is 0. The highest BCUT2D eigenvalue weighted by Crippen LogP contribution is 2.20. The molecule has 0 bridgehead atoms. The Labute approximate surface area is 84.8 Å². The molecule has 0 fully saturated rings. The zero-order valence-electron chi connectivity index (χ0n) is 8.71. The van der Waals surface area contributed by atoms with Crippen LogP contribution in [-0.2, 0) is 0 Å². The second-order valence-corrected chi connectivity index (χ2v) is 3.09. The van der Waals surface area contributed by atoms with Crippen molar-refractivity contribution in [2.45, 2.75) is 13.8 Å². The van der Waals surface area contributed by atoms with E-state index in [4.69, 9.17) is 4.74 Å². The lowest BCUT2D eigenvalue weighted by Gasteiger charge is -2.10. The summed E-state index contributed by atoms with van der Waals surface area (Å²) in [7, 11) is 0. The molecule has 0 saturated carbocycles. The molecule has 0 spiro atoms. The first-order chi connectivity index (χ1) is 6.74. The highest BCUT2D eigenvalue weighted by Gasteiger charge is 2.01. The van der Waals surface area contributed by atoms with Crippen molar-refractivity contribution in [2.75, 3.05) is 18.5 Å². The first kappa shape index (κ1) is 10.6. The molecule has 0 atom stereocenters. The Hall–Kier alpha value is -1.51. The Morgan fingerprint density at radius 3 is 3.07 bits per heavy atom. The molecule has 1 aromatic rings. The zero-order chi connectivity index (χ0) is 10.4. The molecule has 14 heavy (non-hydrogen) atoms. The second-order valence-electron chi connectivity index (χ2n) is 3.09. The smallest absolute Gasteiger partial charge is 0.169 e.